The van der Waals surface area contributed by atoms with Crippen LogP contribution in [0.3, 0.4) is 0 Å². The molecule has 6 nitrogen and oxygen atoms in total. The van der Waals surface area contributed by atoms with Gasteiger partial charge in [0, 0.05) is 26.1 Å². The van der Waals surface area contributed by atoms with Gasteiger partial charge in [0.1, 0.15) is 0 Å². The monoisotopic (exact) mass is 449 g/mol. The summed E-state index contributed by atoms with van der Waals surface area (Å²) in [7, 11) is -3.50. The molecule has 1 fully saturated rings. The Morgan fingerprint density at radius 2 is 1.90 bits per heavy atom. The number of likely N-dealkylation sites (tertiary alicyclic amines) is 1. The highest BCUT2D eigenvalue weighted by Gasteiger charge is 2.23. The number of nitrogens with zero attached hydrogens (tertiary/aromatic N) is 1. The van der Waals surface area contributed by atoms with Crippen molar-refractivity contribution in [2.24, 2.45) is 5.92 Å². The minimum Gasteiger partial charge on any atom is -0.325 e. The van der Waals surface area contributed by atoms with E-state index in [0.717, 1.165) is 31.5 Å². The van der Waals surface area contributed by atoms with E-state index in [9.17, 15) is 13.2 Å². The first kappa shape index (κ1) is 22.7. The predicted molar refractivity (Wildman–Crippen MR) is 120 cm³/mol. The first-order chi connectivity index (χ1) is 14.3. The van der Waals surface area contributed by atoms with Gasteiger partial charge in [-0.2, -0.15) is 0 Å². The number of anilines is 1. The van der Waals surface area contributed by atoms with Gasteiger partial charge in [-0.05, 0) is 56.5 Å². The maximum absolute atomic E-state index is 12.5. The summed E-state index contributed by atoms with van der Waals surface area (Å²) in [5, 5.41) is 3.36. The van der Waals surface area contributed by atoms with Crippen LogP contribution in [0.25, 0.3) is 0 Å². The molecule has 2 aromatic rings. The fraction of sp³-hybridized carbons (Fsp3) is 0.409. The third-order valence-electron chi connectivity index (χ3n) is 5.30. The summed E-state index contributed by atoms with van der Waals surface area (Å²) in [5.41, 5.74) is 1.64. The van der Waals surface area contributed by atoms with Crippen LogP contribution in [0.1, 0.15) is 24.8 Å². The van der Waals surface area contributed by atoms with Crippen molar-refractivity contribution in [2.75, 3.05) is 31.5 Å². The van der Waals surface area contributed by atoms with Gasteiger partial charge in [0.25, 0.3) is 0 Å². The summed E-state index contributed by atoms with van der Waals surface area (Å²) < 4.78 is 27.7. The molecule has 8 heteroatoms. The maximum atomic E-state index is 12.5. The van der Waals surface area contributed by atoms with E-state index < -0.39 is 10.0 Å². The SMILES string of the molecule is Cc1ccc(S(=O)(=O)NCC2CCCN(CCC(=O)Nc3ccccc3Cl)C2)cc1. The van der Waals surface area contributed by atoms with Crippen LogP contribution in [-0.2, 0) is 14.8 Å². The van der Waals surface area contributed by atoms with E-state index in [1.807, 2.05) is 19.1 Å². The number of aryl methyl sites for hydroxylation is 1. The highest BCUT2D eigenvalue weighted by Crippen LogP contribution is 2.21. The molecule has 0 spiro atoms. The third kappa shape index (κ3) is 6.54. The van der Waals surface area contributed by atoms with E-state index in [1.54, 1.807) is 36.4 Å². The molecule has 1 heterocycles. The second-order valence-corrected chi connectivity index (χ2v) is 9.93. The lowest BCUT2D eigenvalue weighted by molar-refractivity contribution is -0.116. The second kappa shape index (κ2) is 10.4. The summed E-state index contributed by atoms with van der Waals surface area (Å²) in [6.07, 6.45) is 2.33. The first-order valence-corrected chi connectivity index (χ1v) is 12.0. The summed E-state index contributed by atoms with van der Waals surface area (Å²) in [4.78, 5) is 14.8. The van der Waals surface area contributed by atoms with Crippen LogP contribution >= 0.6 is 11.6 Å². The number of rotatable bonds is 8. The fourth-order valence-corrected chi connectivity index (χ4v) is 4.88. The Kier molecular flexibility index (Phi) is 7.88. The molecular formula is C22H28ClN3O3S. The largest absolute Gasteiger partial charge is 0.325 e. The van der Waals surface area contributed by atoms with Crippen molar-refractivity contribution in [3.05, 3.63) is 59.1 Å². The zero-order valence-corrected chi connectivity index (χ0v) is 18.7. The van der Waals surface area contributed by atoms with E-state index in [0.29, 0.717) is 30.2 Å². The molecule has 3 rings (SSSR count). The van der Waals surface area contributed by atoms with E-state index >= 15 is 0 Å². The minimum atomic E-state index is -3.50. The van der Waals surface area contributed by atoms with Gasteiger partial charge in [0.05, 0.1) is 15.6 Å². The molecule has 0 bridgehead atoms. The van der Waals surface area contributed by atoms with E-state index in [4.69, 9.17) is 11.6 Å². The molecule has 2 N–H and O–H groups in total. The number of amides is 1. The van der Waals surface area contributed by atoms with E-state index in [-0.39, 0.29) is 16.7 Å². The topological polar surface area (TPSA) is 78.5 Å². The number of carbonyl (C=O) groups excluding carboxylic acids is 1. The highest BCUT2D eigenvalue weighted by molar-refractivity contribution is 7.89. The van der Waals surface area contributed by atoms with Crippen molar-refractivity contribution in [3.8, 4) is 0 Å². The Labute approximate surface area is 183 Å². The Balaban J connectivity index is 1.45. The third-order valence-corrected chi connectivity index (χ3v) is 7.07. The average molecular weight is 450 g/mol. The molecule has 162 valence electrons. The zero-order valence-electron chi connectivity index (χ0n) is 17.1. The number of sulfonamides is 1. The summed E-state index contributed by atoms with van der Waals surface area (Å²) in [6.45, 7) is 4.65. The normalized spacial score (nSPS) is 17.6. The van der Waals surface area contributed by atoms with Gasteiger partial charge in [0.15, 0.2) is 0 Å². The fourth-order valence-electron chi connectivity index (χ4n) is 3.58. The number of halogens is 1. The van der Waals surface area contributed by atoms with Crippen LogP contribution in [0, 0.1) is 12.8 Å². The van der Waals surface area contributed by atoms with E-state index in [1.165, 1.54) is 0 Å². The number of para-hydroxylation sites is 1. The van der Waals surface area contributed by atoms with Gasteiger partial charge in [0.2, 0.25) is 15.9 Å². The number of carbonyl (C=O) groups is 1. The van der Waals surface area contributed by atoms with Crippen molar-refractivity contribution < 1.29 is 13.2 Å². The van der Waals surface area contributed by atoms with Crippen molar-refractivity contribution in [2.45, 2.75) is 31.1 Å². The minimum absolute atomic E-state index is 0.0784. The van der Waals surface area contributed by atoms with Crippen LogP contribution in [0.2, 0.25) is 5.02 Å². The van der Waals surface area contributed by atoms with Crippen LogP contribution < -0.4 is 10.0 Å². The molecule has 0 saturated carbocycles. The van der Waals surface area contributed by atoms with Crippen molar-refractivity contribution in [1.29, 1.82) is 0 Å². The molecule has 1 aliphatic heterocycles. The molecule has 30 heavy (non-hydrogen) atoms. The number of nitrogens with one attached hydrogen (secondary N) is 2. The number of hydrogen-bond donors (Lipinski definition) is 2. The van der Waals surface area contributed by atoms with Gasteiger partial charge in [-0.15, -0.1) is 0 Å². The van der Waals surface area contributed by atoms with Gasteiger partial charge < -0.3 is 10.2 Å². The number of hydrogen-bond acceptors (Lipinski definition) is 4. The molecule has 1 unspecified atom stereocenters. The lowest BCUT2D eigenvalue weighted by Gasteiger charge is -2.32. The molecule has 0 aromatic heterocycles. The molecule has 1 aliphatic rings. The van der Waals surface area contributed by atoms with Crippen molar-refractivity contribution >= 4 is 33.2 Å². The average Bonchev–Trinajstić information content (AvgIpc) is 2.73. The Hall–Kier alpha value is -1.93. The molecule has 0 aliphatic carbocycles. The quantitative estimate of drug-likeness (QED) is 0.644. The molecule has 1 saturated heterocycles. The number of piperidine rings is 1. The lowest BCUT2D eigenvalue weighted by Crippen LogP contribution is -2.41. The van der Waals surface area contributed by atoms with Crippen LogP contribution in [0.5, 0.6) is 0 Å². The zero-order chi connectivity index (χ0) is 21.6. The van der Waals surface area contributed by atoms with Crippen LogP contribution in [0.4, 0.5) is 5.69 Å². The molecule has 1 atom stereocenters. The molecule has 2 aromatic carbocycles. The van der Waals surface area contributed by atoms with Gasteiger partial charge in [-0.1, -0.05) is 41.4 Å². The smallest absolute Gasteiger partial charge is 0.240 e. The molecular weight excluding hydrogens is 422 g/mol. The van der Waals surface area contributed by atoms with Crippen LogP contribution in [-0.4, -0.2) is 45.4 Å². The van der Waals surface area contributed by atoms with E-state index in [2.05, 4.69) is 14.9 Å². The second-order valence-electron chi connectivity index (χ2n) is 7.75. The maximum Gasteiger partial charge on any atom is 0.240 e. The Bertz CT molecular complexity index is 964. The van der Waals surface area contributed by atoms with Gasteiger partial charge >= 0.3 is 0 Å². The van der Waals surface area contributed by atoms with Crippen molar-refractivity contribution in [1.82, 2.24) is 9.62 Å². The molecule has 0 radical (unpaired) electrons. The van der Waals surface area contributed by atoms with Crippen molar-refractivity contribution in [3.63, 3.8) is 0 Å². The standard InChI is InChI=1S/C22H28ClN3O3S/c1-17-8-10-19(11-9-17)30(28,29)24-15-18-5-4-13-26(16-18)14-12-22(27)25-21-7-3-2-6-20(21)23/h2-3,6-11,18,24H,4-5,12-16H2,1H3,(H,25,27). The predicted octanol–water partition coefficient (Wildman–Crippen LogP) is 3.67. The Morgan fingerprint density at radius 1 is 1.17 bits per heavy atom. The van der Waals surface area contributed by atoms with Gasteiger partial charge in [-0.3, -0.25) is 4.79 Å². The summed E-state index contributed by atoms with van der Waals surface area (Å²) >= 11 is 6.08. The lowest BCUT2D eigenvalue weighted by atomic mass is 9.98. The van der Waals surface area contributed by atoms with Crippen LogP contribution in [0.15, 0.2) is 53.4 Å². The Morgan fingerprint density at radius 3 is 2.63 bits per heavy atom. The molecule has 1 amide bonds. The summed E-state index contributed by atoms with van der Waals surface area (Å²) in [5.74, 6) is 0.149. The highest BCUT2D eigenvalue weighted by atomic mass is 35.5. The number of benzene rings is 2. The first-order valence-electron chi connectivity index (χ1n) is 10.2. The van der Waals surface area contributed by atoms with Gasteiger partial charge in [-0.25, -0.2) is 13.1 Å². The summed E-state index contributed by atoms with van der Waals surface area (Å²) in [6, 6.07) is 14.0.